The molecule has 3 aromatic rings. The van der Waals surface area contributed by atoms with E-state index < -0.39 is 11.9 Å². The third-order valence-electron chi connectivity index (χ3n) is 3.36. The summed E-state index contributed by atoms with van der Waals surface area (Å²) in [4.78, 5) is 24.2. The van der Waals surface area contributed by atoms with Gasteiger partial charge in [-0.3, -0.25) is 4.79 Å². The van der Waals surface area contributed by atoms with Crippen molar-refractivity contribution >= 4 is 5.91 Å². The number of nitrogens with zero attached hydrogens (tertiary/aromatic N) is 6. The minimum Gasteiger partial charge on any atom is -0.342 e. The first-order chi connectivity index (χ1) is 12.1. The number of aromatic nitrogens is 5. The maximum Gasteiger partial charge on any atom is 0.252 e. The molecule has 0 saturated carbocycles. The fourth-order valence-corrected chi connectivity index (χ4v) is 2.19. The summed E-state index contributed by atoms with van der Waals surface area (Å²) in [6.45, 7) is 1.72. The lowest BCUT2D eigenvalue weighted by Crippen LogP contribution is -2.29. The predicted octanol–water partition coefficient (Wildman–Crippen LogP) is 1.56. The molecule has 0 fully saturated rings. The molecule has 2 aromatic heterocycles. The van der Waals surface area contributed by atoms with E-state index in [2.05, 4.69) is 25.4 Å². The third kappa shape index (κ3) is 3.48. The number of rotatable bonds is 4. The molecule has 0 aliphatic rings. The zero-order valence-electron chi connectivity index (χ0n) is 13.1. The Hall–Kier alpha value is -3.67. The fraction of sp³-hybridized carbons (Fsp3) is 0.125. The van der Waals surface area contributed by atoms with Gasteiger partial charge in [-0.2, -0.15) is 15.0 Å². The first-order valence-electron chi connectivity index (χ1n) is 7.27. The number of carbonyl (C=O) groups excluding carboxylic acids is 1. The number of nitriles is 1. The van der Waals surface area contributed by atoms with E-state index in [-0.39, 0.29) is 11.9 Å². The Morgan fingerprint density at radius 1 is 1.32 bits per heavy atom. The van der Waals surface area contributed by atoms with Crippen molar-refractivity contribution in [3.63, 3.8) is 0 Å². The van der Waals surface area contributed by atoms with Crippen LogP contribution >= 0.6 is 0 Å². The number of hydrogen-bond acceptors (Lipinski definition) is 6. The summed E-state index contributed by atoms with van der Waals surface area (Å²) in [5.41, 5.74) is 0.748. The first-order valence-corrected chi connectivity index (χ1v) is 7.27. The van der Waals surface area contributed by atoms with E-state index in [1.165, 1.54) is 17.1 Å². The van der Waals surface area contributed by atoms with Crippen molar-refractivity contribution < 1.29 is 9.18 Å². The standard InChI is InChI=1S/C16H12FN7O/c1-10(23-15(25)12-4-2-3-11(5-12)6-18)14-21-9-22-24(14)16-19-7-13(17)8-20-16/h2-5,7-10H,1H3,(H,23,25). The monoisotopic (exact) mass is 337 g/mol. The highest BCUT2D eigenvalue weighted by Crippen LogP contribution is 2.13. The number of carbonyl (C=O) groups is 1. The highest BCUT2D eigenvalue weighted by Gasteiger charge is 2.19. The highest BCUT2D eigenvalue weighted by molar-refractivity contribution is 5.94. The van der Waals surface area contributed by atoms with Crippen LogP contribution in [-0.2, 0) is 0 Å². The number of halogens is 1. The van der Waals surface area contributed by atoms with E-state index >= 15 is 0 Å². The second kappa shape index (κ2) is 6.84. The Balaban J connectivity index is 1.81. The van der Waals surface area contributed by atoms with E-state index in [1.807, 2.05) is 6.07 Å². The molecule has 2 heterocycles. The van der Waals surface area contributed by atoms with Gasteiger partial charge < -0.3 is 5.32 Å². The summed E-state index contributed by atoms with van der Waals surface area (Å²) in [5, 5.41) is 15.7. The van der Waals surface area contributed by atoms with Gasteiger partial charge >= 0.3 is 0 Å². The summed E-state index contributed by atoms with van der Waals surface area (Å²) in [7, 11) is 0. The van der Waals surface area contributed by atoms with Crippen LogP contribution in [0, 0.1) is 17.1 Å². The van der Waals surface area contributed by atoms with Gasteiger partial charge in [0.25, 0.3) is 11.9 Å². The molecule has 0 bridgehead atoms. The Labute approximate surface area is 142 Å². The quantitative estimate of drug-likeness (QED) is 0.774. The van der Waals surface area contributed by atoms with Crippen LogP contribution in [0.5, 0.6) is 0 Å². The first kappa shape index (κ1) is 16.2. The number of hydrogen-bond donors (Lipinski definition) is 1. The molecule has 9 heteroatoms. The molecule has 1 unspecified atom stereocenters. The molecule has 1 amide bonds. The van der Waals surface area contributed by atoms with Crippen molar-refractivity contribution in [2.24, 2.45) is 0 Å². The number of benzene rings is 1. The molecule has 0 spiro atoms. The normalized spacial score (nSPS) is 11.6. The minimum atomic E-state index is -0.566. The van der Waals surface area contributed by atoms with Crippen molar-refractivity contribution in [3.05, 3.63) is 65.8 Å². The molecular formula is C16H12FN7O. The minimum absolute atomic E-state index is 0.140. The van der Waals surface area contributed by atoms with E-state index in [0.717, 1.165) is 12.4 Å². The van der Waals surface area contributed by atoms with Crippen molar-refractivity contribution in [3.8, 4) is 12.0 Å². The summed E-state index contributed by atoms with van der Waals surface area (Å²) in [6, 6.07) is 7.82. The van der Waals surface area contributed by atoms with E-state index in [1.54, 1.807) is 25.1 Å². The molecular weight excluding hydrogens is 325 g/mol. The molecule has 3 rings (SSSR count). The predicted molar refractivity (Wildman–Crippen MR) is 83.9 cm³/mol. The molecule has 0 saturated heterocycles. The Bertz CT molecular complexity index is 946. The van der Waals surface area contributed by atoms with Gasteiger partial charge in [-0.15, -0.1) is 0 Å². The molecule has 0 aliphatic carbocycles. The van der Waals surface area contributed by atoms with Crippen molar-refractivity contribution in [1.29, 1.82) is 5.26 Å². The topological polar surface area (TPSA) is 109 Å². The second-order valence-electron chi connectivity index (χ2n) is 5.12. The van der Waals surface area contributed by atoms with Gasteiger partial charge in [0.15, 0.2) is 11.6 Å². The molecule has 1 aromatic carbocycles. The maximum absolute atomic E-state index is 13.0. The molecule has 0 radical (unpaired) electrons. The highest BCUT2D eigenvalue weighted by atomic mass is 19.1. The van der Waals surface area contributed by atoms with Crippen molar-refractivity contribution in [2.45, 2.75) is 13.0 Å². The summed E-state index contributed by atoms with van der Waals surface area (Å²) >= 11 is 0. The molecule has 25 heavy (non-hydrogen) atoms. The van der Waals surface area contributed by atoms with Crippen LogP contribution < -0.4 is 5.32 Å². The average Bonchev–Trinajstić information content (AvgIpc) is 3.12. The van der Waals surface area contributed by atoms with E-state index in [4.69, 9.17) is 5.26 Å². The smallest absolute Gasteiger partial charge is 0.252 e. The lowest BCUT2D eigenvalue weighted by atomic mass is 10.1. The van der Waals surface area contributed by atoms with Gasteiger partial charge in [0.05, 0.1) is 30.1 Å². The van der Waals surface area contributed by atoms with Crippen LogP contribution in [0.15, 0.2) is 43.0 Å². The van der Waals surface area contributed by atoms with Gasteiger partial charge in [-0.1, -0.05) is 6.07 Å². The lowest BCUT2D eigenvalue weighted by Gasteiger charge is -2.14. The fourth-order valence-electron chi connectivity index (χ4n) is 2.19. The molecule has 124 valence electrons. The average molecular weight is 337 g/mol. The largest absolute Gasteiger partial charge is 0.342 e. The Morgan fingerprint density at radius 3 is 2.80 bits per heavy atom. The number of nitrogens with one attached hydrogen (secondary N) is 1. The maximum atomic E-state index is 13.0. The zero-order valence-corrected chi connectivity index (χ0v) is 13.1. The van der Waals surface area contributed by atoms with Crippen LogP contribution in [-0.4, -0.2) is 30.6 Å². The molecule has 1 atom stereocenters. The summed E-state index contributed by atoms with van der Waals surface area (Å²) in [5.74, 6) is -0.402. The SMILES string of the molecule is CC(NC(=O)c1cccc(C#N)c1)c1ncnn1-c1ncc(F)cn1. The van der Waals surface area contributed by atoms with Gasteiger partial charge in [0.2, 0.25) is 0 Å². The summed E-state index contributed by atoms with van der Waals surface area (Å²) in [6.07, 6.45) is 3.33. The third-order valence-corrected chi connectivity index (χ3v) is 3.36. The van der Waals surface area contributed by atoms with Gasteiger partial charge in [-0.05, 0) is 25.1 Å². The van der Waals surface area contributed by atoms with E-state index in [9.17, 15) is 9.18 Å². The second-order valence-corrected chi connectivity index (χ2v) is 5.12. The van der Waals surface area contributed by atoms with Crippen LogP contribution in [0.4, 0.5) is 4.39 Å². The van der Waals surface area contributed by atoms with Crippen LogP contribution in [0.1, 0.15) is 34.7 Å². The van der Waals surface area contributed by atoms with E-state index in [0.29, 0.717) is 17.0 Å². The van der Waals surface area contributed by atoms with Crippen LogP contribution in [0.25, 0.3) is 5.95 Å². The lowest BCUT2D eigenvalue weighted by molar-refractivity contribution is 0.0938. The van der Waals surface area contributed by atoms with Crippen LogP contribution in [0.2, 0.25) is 0 Å². The van der Waals surface area contributed by atoms with Gasteiger partial charge in [0, 0.05) is 5.56 Å². The summed E-state index contributed by atoms with van der Waals surface area (Å²) < 4.78 is 14.3. The zero-order chi connectivity index (χ0) is 17.8. The molecule has 1 N–H and O–H groups in total. The molecule has 0 aliphatic heterocycles. The van der Waals surface area contributed by atoms with Crippen molar-refractivity contribution in [1.82, 2.24) is 30.0 Å². The van der Waals surface area contributed by atoms with Gasteiger partial charge in [-0.25, -0.2) is 19.3 Å². The molecule has 8 nitrogen and oxygen atoms in total. The van der Waals surface area contributed by atoms with Gasteiger partial charge in [0.1, 0.15) is 6.33 Å². The van der Waals surface area contributed by atoms with Crippen molar-refractivity contribution in [2.75, 3.05) is 0 Å². The number of amides is 1. The Morgan fingerprint density at radius 2 is 2.08 bits per heavy atom. The van der Waals surface area contributed by atoms with Crippen LogP contribution in [0.3, 0.4) is 0 Å². The Kier molecular flexibility index (Phi) is 4.43.